The van der Waals surface area contributed by atoms with Gasteiger partial charge in [-0.2, -0.15) is 4.31 Å². The first-order chi connectivity index (χ1) is 9.86. The highest BCUT2D eigenvalue weighted by Crippen LogP contribution is 2.32. The molecule has 0 unspecified atom stereocenters. The number of aryl methyl sites for hydroxylation is 1. The summed E-state index contributed by atoms with van der Waals surface area (Å²) in [5.41, 5.74) is 2.61. The van der Waals surface area contributed by atoms with Crippen LogP contribution in [0.1, 0.15) is 17.5 Å². The molecule has 1 saturated heterocycles. The molecule has 0 N–H and O–H groups in total. The van der Waals surface area contributed by atoms with Crippen molar-refractivity contribution in [2.45, 2.75) is 25.9 Å². The number of fused-ring (bicyclic) bond motifs is 3. The molecule has 0 aliphatic carbocycles. The summed E-state index contributed by atoms with van der Waals surface area (Å²) >= 11 is 0. The van der Waals surface area contributed by atoms with Crippen LogP contribution in [-0.4, -0.2) is 44.3 Å². The molecule has 21 heavy (non-hydrogen) atoms. The number of nitrogens with zero attached hydrogens (tertiary/aromatic N) is 2. The molecular weight excluding hydrogens is 292 g/mol. The minimum Gasteiger partial charge on any atom is -0.447 e. The van der Waals surface area contributed by atoms with E-state index < -0.39 is 10.0 Å². The van der Waals surface area contributed by atoms with E-state index in [0.717, 1.165) is 16.8 Å². The maximum absolute atomic E-state index is 12.0. The molecule has 1 fully saturated rings. The number of anilines is 1. The topological polar surface area (TPSA) is 66.9 Å². The third-order valence-corrected chi connectivity index (χ3v) is 5.24. The van der Waals surface area contributed by atoms with E-state index in [0.29, 0.717) is 19.6 Å². The Labute approximate surface area is 124 Å². The van der Waals surface area contributed by atoms with E-state index in [1.54, 1.807) is 4.90 Å². The molecule has 0 spiro atoms. The van der Waals surface area contributed by atoms with Crippen molar-refractivity contribution in [3.05, 3.63) is 29.3 Å². The van der Waals surface area contributed by atoms with Gasteiger partial charge in [0.2, 0.25) is 10.0 Å². The number of carbonyl (C=O) groups excluding carboxylic acids is 1. The maximum Gasteiger partial charge on any atom is 0.414 e. The lowest BCUT2D eigenvalue weighted by Crippen LogP contribution is -2.41. The van der Waals surface area contributed by atoms with Gasteiger partial charge in [-0.25, -0.2) is 13.2 Å². The molecule has 1 aromatic carbocycles. The Hall–Kier alpha value is -1.60. The predicted octanol–water partition coefficient (Wildman–Crippen LogP) is 1.49. The average Bonchev–Trinajstić information content (AvgIpc) is 2.72. The van der Waals surface area contributed by atoms with Gasteiger partial charge in [-0.3, -0.25) is 4.90 Å². The Bertz CT molecular complexity index is 686. The van der Waals surface area contributed by atoms with Crippen molar-refractivity contribution in [2.24, 2.45) is 0 Å². The Morgan fingerprint density at radius 1 is 1.33 bits per heavy atom. The number of cyclic esters (lactones) is 1. The van der Waals surface area contributed by atoms with Crippen molar-refractivity contribution in [1.29, 1.82) is 0 Å². The Morgan fingerprint density at radius 3 is 2.81 bits per heavy atom. The molecule has 1 aromatic rings. The molecule has 6 nitrogen and oxygen atoms in total. The van der Waals surface area contributed by atoms with Crippen LogP contribution in [0.2, 0.25) is 0 Å². The molecule has 0 saturated carbocycles. The Morgan fingerprint density at radius 2 is 2.10 bits per heavy atom. The van der Waals surface area contributed by atoms with E-state index in [-0.39, 0.29) is 18.7 Å². The summed E-state index contributed by atoms with van der Waals surface area (Å²) in [4.78, 5) is 13.7. The van der Waals surface area contributed by atoms with Gasteiger partial charge >= 0.3 is 6.09 Å². The molecule has 0 bridgehead atoms. The van der Waals surface area contributed by atoms with E-state index in [1.165, 1.54) is 10.6 Å². The van der Waals surface area contributed by atoms with Crippen molar-refractivity contribution in [3.8, 4) is 0 Å². The summed E-state index contributed by atoms with van der Waals surface area (Å²) in [6.07, 6.45) is 1.45. The average molecular weight is 310 g/mol. The first-order valence-electron chi connectivity index (χ1n) is 6.87. The highest BCUT2D eigenvalue weighted by Gasteiger charge is 2.38. The SMILES string of the molecule is Cc1ccc2c(c1)N1C(=O)OC[C@@H]1CCN(S(C)(=O)=O)C2. The van der Waals surface area contributed by atoms with Crippen LogP contribution < -0.4 is 4.90 Å². The largest absolute Gasteiger partial charge is 0.447 e. The van der Waals surface area contributed by atoms with E-state index >= 15 is 0 Å². The third-order valence-electron chi connectivity index (χ3n) is 3.99. The number of sulfonamides is 1. The van der Waals surface area contributed by atoms with Gasteiger partial charge in [0.15, 0.2) is 0 Å². The van der Waals surface area contributed by atoms with E-state index in [1.807, 2.05) is 25.1 Å². The Kier molecular flexibility index (Phi) is 3.41. The molecule has 114 valence electrons. The summed E-state index contributed by atoms with van der Waals surface area (Å²) in [5.74, 6) is 0. The summed E-state index contributed by atoms with van der Waals surface area (Å²) in [7, 11) is -3.27. The smallest absolute Gasteiger partial charge is 0.414 e. The lowest BCUT2D eigenvalue weighted by Gasteiger charge is -2.31. The third kappa shape index (κ3) is 2.63. The van der Waals surface area contributed by atoms with Crippen LogP contribution in [0.3, 0.4) is 0 Å². The molecule has 0 radical (unpaired) electrons. The molecule has 3 rings (SSSR count). The standard InChI is InChI=1S/C14H18N2O4S/c1-10-3-4-11-8-15(21(2,18)19)6-5-12-9-20-14(17)16(12)13(11)7-10/h3-4,7,12H,5-6,8-9H2,1-2H3/t12-/m0/s1. The lowest BCUT2D eigenvalue weighted by molar-refractivity contribution is 0.178. The first kappa shape index (κ1) is 14.3. The van der Waals surface area contributed by atoms with Gasteiger partial charge in [0, 0.05) is 13.1 Å². The zero-order valence-electron chi connectivity index (χ0n) is 12.1. The number of ether oxygens (including phenoxy) is 1. The number of hydrogen-bond acceptors (Lipinski definition) is 4. The summed E-state index contributed by atoms with van der Waals surface area (Å²) in [5, 5.41) is 0. The Balaban J connectivity index is 2.10. The van der Waals surface area contributed by atoms with Crippen LogP contribution in [0.4, 0.5) is 10.5 Å². The van der Waals surface area contributed by atoms with Crippen LogP contribution in [0.5, 0.6) is 0 Å². The number of rotatable bonds is 1. The van der Waals surface area contributed by atoms with Gasteiger partial charge in [0.25, 0.3) is 0 Å². The number of benzene rings is 1. The van der Waals surface area contributed by atoms with E-state index in [4.69, 9.17) is 4.74 Å². The van der Waals surface area contributed by atoms with Gasteiger partial charge in [-0.05, 0) is 30.5 Å². The molecule has 1 amide bonds. The quantitative estimate of drug-likeness (QED) is 0.788. The van der Waals surface area contributed by atoms with Crippen LogP contribution in [0.15, 0.2) is 18.2 Å². The first-order valence-corrected chi connectivity index (χ1v) is 8.72. The van der Waals surface area contributed by atoms with Crippen LogP contribution in [-0.2, 0) is 21.3 Å². The van der Waals surface area contributed by atoms with Crippen molar-refractivity contribution in [2.75, 3.05) is 24.3 Å². The fourth-order valence-corrected chi connectivity index (χ4v) is 3.66. The van der Waals surface area contributed by atoms with Gasteiger partial charge in [-0.15, -0.1) is 0 Å². The van der Waals surface area contributed by atoms with Gasteiger partial charge < -0.3 is 4.74 Å². The highest BCUT2D eigenvalue weighted by molar-refractivity contribution is 7.88. The van der Waals surface area contributed by atoms with Crippen LogP contribution >= 0.6 is 0 Å². The molecule has 0 aromatic heterocycles. The molecule has 2 aliphatic heterocycles. The maximum atomic E-state index is 12.0. The van der Waals surface area contributed by atoms with Crippen molar-refractivity contribution in [1.82, 2.24) is 4.31 Å². The lowest BCUT2D eigenvalue weighted by atomic mass is 10.0. The summed E-state index contributed by atoms with van der Waals surface area (Å²) < 4.78 is 30.4. The van der Waals surface area contributed by atoms with Crippen molar-refractivity contribution < 1.29 is 17.9 Å². The fraction of sp³-hybridized carbons (Fsp3) is 0.500. The van der Waals surface area contributed by atoms with Gasteiger partial charge in [0.1, 0.15) is 6.61 Å². The molecule has 2 aliphatic rings. The number of amides is 1. The molecule has 1 atom stereocenters. The minimum atomic E-state index is -3.27. The van der Waals surface area contributed by atoms with E-state index in [2.05, 4.69) is 0 Å². The molecular formula is C14H18N2O4S. The fourth-order valence-electron chi connectivity index (χ4n) is 2.85. The van der Waals surface area contributed by atoms with Crippen LogP contribution in [0, 0.1) is 6.92 Å². The van der Waals surface area contributed by atoms with E-state index in [9.17, 15) is 13.2 Å². The highest BCUT2D eigenvalue weighted by atomic mass is 32.2. The number of carbonyl (C=O) groups is 1. The monoisotopic (exact) mass is 310 g/mol. The predicted molar refractivity (Wildman–Crippen MR) is 78.7 cm³/mol. The van der Waals surface area contributed by atoms with Gasteiger partial charge in [0.05, 0.1) is 18.0 Å². The molecule has 2 heterocycles. The second-order valence-electron chi connectivity index (χ2n) is 5.62. The van der Waals surface area contributed by atoms with Crippen molar-refractivity contribution in [3.63, 3.8) is 0 Å². The zero-order valence-corrected chi connectivity index (χ0v) is 12.9. The van der Waals surface area contributed by atoms with Gasteiger partial charge in [-0.1, -0.05) is 12.1 Å². The van der Waals surface area contributed by atoms with Crippen molar-refractivity contribution >= 4 is 21.8 Å². The summed E-state index contributed by atoms with van der Waals surface area (Å²) in [6, 6.07) is 5.62. The van der Waals surface area contributed by atoms with Crippen LogP contribution in [0.25, 0.3) is 0 Å². The second-order valence-corrected chi connectivity index (χ2v) is 7.60. The zero-order chi connectivity index (χ0) is 15.2. The minimum absolute atomic E-state index is 0.109. The summed E-state index contributed by atoms with van der Waals surface area (Å²) in [6.45, 7) is 2.93. The second kappa shape index (κ2) is 4.99. The number of hydrogen-bond donors (Lipinski definition) is 0. The normalized spacial score (nSPS) is 23.0. The molecule has 7 heteroatoms.